The quantitative estimate of drug-likeness (QED) is 0.775. The van der Waals surface area contributed by atoms with Gasteiger partial charge in [-0.3, -0.25) is 0 Å². The first-order chi connectivity index (χ1) is 12.0. The Hall–Kier alpha value is -1.91. The van der Waals surface area contributed by atoms with Gasteiger partial charge in [0.15, 0.2) is 9.84 Å². The molecule has 1 aliphatic heterocycles. The fraction of sp³-hybridized carbons (Fsp3) is 0.333. The molecule has 0 amide bonds. The van der Waals surface area contributed by atoms with Gasteiger partial charge in [0.1, 0.15) is 0 Å². The molecule has 1 saturated heterocycles. The van der Waals surface area contributed by atoms with Crippen molar-refractivity contribution in [3.63, 3.8) is 0 Å². The zero-order chi connectivity index (χ0) is 17.9. The van der Waals surface area contributed by atoms with E-state index in [9.17, 15) is 8.42 Å². The largest absolute Gasteiger partial charge is 0.300 e. The second-order valence-corrected chi connectivity index (χ2v) is 8.60. The third-order valence-electron chi connectivity index (χ3n) is 5.07. The first-order valence-corrected chi connectivity index (χ1v) is 10.4. The van der Waals surface area contributed by atoms with Crippen molar-refractivity contribution in [3.8, 4) is 11.1 Å². The molecule has 3 rings (SSSR count). The average Bonchev–Trinajstić information content (AvgIpc) is 3.05. The van der Waals surface area contributed by atoms with E-state index in [-0.39, 0.29) is 4.90 Å². The van der Waals surface area contributed by atoms with Gasteiger partial charge >= 0.3 is 0 Å². The smallest absolute Gasteiger partial charge is 0.199 e. The molecule has 1 fully saturated rings. The molecule has 0 aliphatic carbocycles. The number of hydrogen-bond acceptors (Lipinski definition) is 3. The highest BCUT2D eigenvalue weighted by molar-refractivity contribution is 7.94. The lowest BCUT2D eigenvalue weighted by Crippen LogP contribution is -2.28. The van der Waals surface area contributed by atoms with Gasteiger partial charge in [0.05, 0.1) is 4.90 Å². The Kier molecular flexibility index (Phi) is 5.40. The first kappa shape index (κ1) is 17.9. The Morgan fingerprint density at radius 3 is 2.20 bits per heavy atom. The second-order valence-electron chi connectivity index (χ2n) is 6.71. The molecule has 0 N–H and O–H groups in total. The highest BCUT2D eigenvalue weighted by Crippen LogP contribution is 2.23. The molecule has 2 aromatic rings. The Bertz CT molecular complexity index is 823. The van der Waals surface area contributed by atoms with Crippen LogP contribution >= 0.6 is 0 Å². The van der Waals surface area contributed by atoms with Crippen molar-refractivity contribution in [3.05, 3.63) is 66.1 Å². The van der Waals surface area contributed by atoms with Gasteiger partial charge in [-0.25, -0.2) is 8.42 Å². The van der Waals surface area contributed by atoms with Crippen molar-refractivity contribution in [2.24, 2.45) is 0 Å². The standard InChI is InChI=1S/C21H25NO2S/c1-3-25(23,24)21-12-10-20(11-13-21)19-8-6-18(7-9-19)14-16-22-15-4-5-17(22)2/h3,6-13,17H,1,4-5,14-16H2,2H3/t17-/m1/s1. The molecule has 1 aliphatic rings. The summed E-state index contributed by atoms with van der Waals surface area (Å²) in [6.07, 6.45) is 3.70. The number of sulfone groups is 1. The van der Waals surface area contributed by atoms with Gasteiger partial charge in [0.25, 0.3) is 0 Å². The van der Waals surface area contributed by atoms with E-state index in [1.54, 1.807) is 12.1 Å². The molecule has 2 aromatic carbocycles. The summed E-state index contributed by atoms with van der Waals surface area (Å²) in [4.78, 5) is 2.84. The van der Waals surface area contributed by atoms with Gasteiger partial charge in [0, 0.05) is 18.0 Å². The van der Waals surface area contributed by atoms with Crippen LogP contribution in [0, 0.1) is 0 Å². The van der Waals surface area contributed by atoms with Gasteiger partial charge in [-0.2, -0.15) is 0 Å². The molecule has 0 radical (unpaired) electrons. The minimum atomic E-state index is -3.36. The number of likely N-dealkylation sites (tertiary alicyclic amines) is 1. The lowest BCUT2D eigenvalue weighted by Gasteiger charge is -2.20. The third-order valence-corrected chi connectivity index (χ3v) is 6.44. The Labute approximate surface area is 150 Å². The molecular formula is C21H25NO2S. The summed E-state index contributed by atoms with van der Waals surface area (Å²) in [5, 5.41) is 0.984. The molecule has 1 heterocycles. The van der Waals surface area contributed by atoms with Crippen molar-refractivity contribution in [2.45, 2.75) is 37.1 Å². The molecule has 0 unspecified atom stereocenters. The third kappa shape index (κ3) is 4.20. The average molecular weight is 356 g/mol. The van der Waals surface area contributed by atoms with Crippen LogP contribution in [0.25, 0.3) is 11.1 Å². The highest BCUT2D eigenvalue weighted by Gasteiger charge is 2.19. The predicted octanol–water partition coefficient (Wildman–Crippen LogP) is 4.30. The first-order valence-electron chi connectivity index (χ1n) is 8.80. The van der Waals surface area contributed by atoms with Crippen molar-refractivity contribution >= 4 is 9.84 Å². The van der Waals surface area contributed by atoms with Crippen LogP contribution in [0.5, 0.6) is 0 Å². The number of hydrogen-bond donors (Lipinski definition) is 0. The molecule has 3 nitrogen and oxygen atoms in total. The summed E-state index contributed by atoms with van der Waals surface area (Å²) in [5.41, 5.74) is 3.46. The summed E-state index contributed by atoms with van der Waals surface area (Å²) >= 11 is 0. The maximum absolute atomic E-state index is 11.8. The summed E-state index contributed by atoms with van der Waals surface area (Å²) in [5.74, 6) is 0. The van der Waals surface area contributed by atoms with E-state index in [1.807, 2.05) is 12.1 Å². The summed E-state index contributed by atoms with van der Waals surface area (Å²) < 4.78 is 23.6. The van der Waals surface area contributed by atoms with E-state index in [2.05, 4.69) is 42.7 Å². The van der Waals surface area contributed by atoms with Crippen LogP contribution in [0.3, 0.4) is 0 Å². The van der Waals surface area contributed by atoms with Crippen LogP contribution in [0.4, 0.5) is 0 Å². The second kappa shape index (κ2) is 7.54. The minimum Gasteiger partial charge on any atom is -0.300 e. The monoisotopic (exact) mass is 355 g/mol. The number of rotatable bonds is 6. The number of benzene rings is 2. The molecule has 1 atom stereocenters. The maximum atomic E-state index is 11.8. The fourth-order valence-corrected chi connectivity index (χ4v) is 4.10. The van der Waals surface area contributed by atoms with E-state index in [4.69, 9.17) is 0 Å². The van der Waals surface area contributed by atoms with Gasteiger partial charge in [-0.1, -0.05) is 43.0 Å². The molecule has 132 valence electrons. The Morgan fingerprint density at radius 1 is 1.08 bits per heavy atom. The van der Waals surface area contributed by atoms with Crippen LogP contribution < -0.4 is 0 Å². The van der Waals surface area contributed by atoms with Crippen LogP contribution in [0.2, 0.25) is 0 Å². The number of nitrogens with zero attached hydrogens (tertiary/aromatic N) is 1. The van der Waals surface area contributed by atoms with E-state index in [1.165, 1.54) is 24.9 Å². The highest BCUT2D eigenvalue weighted by atomic mass is 32.2. The molecule has 0 saturated carbocycles. The SMILES string of the molecule is C=CS(=O)(=O)c1ccc(-c2ccc(CCN3CCC[C@H]3C)cc2)cc1. The lowest BCUT2D eigenvalue weighted by molar-refractivity contribution is 0.272. The van der Waals surface area contributed by atoms with Gasteiger partial charge in [-0.15, -0.1) is 0 Å². The van der Waals surface area contributed by atoms with Crippen LogP contribution in [-0.4, -0.2) is 32.4 Å². The van der Waals surface area contributed by atoms with Crippen LogP contribution in [-0.2, 0) is 16.3 Å². The molecule has 4 heteroatoms. The summed E-state index contributed by atoms with van der Waals surface area (Å²) in [6, 6.07) is 16.2. The van der Waals surface area contributed by atoms with Gasteiger partial charge in [-0.05, 0) is 61.6 Å². The summed E-state index contributed by atoms with van der Waals surface area (Å²) in [6.45, 7) is 8.01. The van der Waals surface area contributed by atoms with E-state index >= 15 is 0 Å². The Balaban J connectivity index is 1.66. The zero-order valence-corrected chi connectivity index (χ0v) is 15.5. The van der Waals surface area contributed by atoms with Crippen molar-refractivity contribution in [1.29, 1.82) is 0 Å². The van der Waals surface area contributed by atoms with Crippen LogP contribution in [0.1, 0.15) is 25.3 Å². The predicted molar refractivity (Wildman–Crippen MR) is 103 cm³/mol. The maximum Gasteiger partial charge on any atom is 0.199 e. The molecule has 25 heavy (non-hydrogen) atoms. The van der Waals surface area contributed by atoms with E-state index < -0.39 is 9.84 Å². The van der Waals surface area contributed by atoms with Crippen molar-refractivity contribution in [1.82, 2.24) is 4.90 Å². The fourth-order valence-electron chi connectivity index (χ4n) is 3.39. The minimum absolute atomic E-state index is 0.280. The Morgan fingerprint density at radius 2 is 1.68 bits per heavy atom. The van der Waals surface area contributed by atoms with Crippen molar-refractivity contribution in [2.75, 3.05) is 13.1 Å². The topological polar surface area (TPSA) is 37.4 Å². The normalized spacial score (nSPS) is 18.4. The molecule has 0 aromatic heterocycles. The molecular weight excluding hydrogens is 330 g/mol. The van der Waals surface area contributed by atoms with E-state index in [0.29, 0.717) is 6.04 Å². The van der Waals surface area contributed by atoms with E-state index in [0.717, 1.165) is 29.5 Å². The van der Waals surface area contributed by atoms with Crippen molar-refractivity contribution < 1.29 is 8.42 Å². The molecule has 0 bridgehead atoms. The van der Waals surface area contributed by atoms with Gasteiger partial charge in [0.2, 0.25) is 0 Å². The zero-order valence-electron chi connectivity index (χ0n) is 14.7. The molecule has 0 spiro atoms. The lowest BCUT2D eigenvalue weighted by atomic mass is 10.0. The van der Waals surface area contributed by atoms with Gasteiger partial charge < -0.3 is 4.90 Å². The summed E-state index contributed by atoms with van der Waals surface area (Å²) in [7, 11) is -3.36. The van der Waals surface area contributed by atoms with Crippen LogP contribution in [0.15, 0.2) is 65.4 Å².